The zero-order valence-corrected chi connectivity index (χ0v) is 19.4. The van der Waals surface area contributed by atoms with Gasteiger partial charge in [-0.1, -0.05) is 23.2 Å². The number of hydrogen-bond acceptors (Lipinski definition) is 3. The Kier molecular flexibility index (Phi) is 6.29. The Morgan fingerprint density at radius 3 is 2.47 bits per heavy atom. The number of halogens is 2. The third-order valence-electron chi connectivity index (χ3n) is 6.45. The van der Waals surface area contributed by atoms with Crippen LogP contribution in [0.2, 0.25) is 10.0 Å². The first-order valence-electron chi connectivity index (χ1n) is 10.7. The molecule has 1 fully saturated rings. The van der Waals surface area contributed by atoms with E-state index in [-0.39, 0.29) is 0 Å². The lowest BCUT2D eigenvalue weighted by molar-refractivity contribution is 0.261. The average molecular weight is 446 g/mol. The number of benzene rings is 1. The first kappa shape index (κ1) is 21.5. The van der Waals surface area contributed by atoms with Crippen LogP contribution in [0, 0.1) is 26.7 Å². The van der Waals surface area contributed by atoms with Crippen molar-refractivity contribution in [1.29, 1.82) is 0 Å². The molecule has 0 saturated carbocycles. The maximum absolute atomic E-state index is 9.13. The molecule has 0 bridgehead atoms. The van der Waals surface area contributed by atoms with Crippen molar-refractivity contribution in [2.45, 2.75) is 46.5 Å². The molecule has 160 valence electrons. The van der Waals surface area contributed by atoms with Crippen LogP contribution in [0.15, 0.2) is 24.3 Å². The van der Waals surface area contributed by atoms with Gasteiger partial charge in [0.2, 0.25) is 0 Å². The normalized spacial score (nSPS) is 15.3. The fourth-order valence-corrected chi connectivity index (χ4v) is 5.21. The summed E-state index contributed by atoms with van der Waals surface area (Å²) in [7, 11) is 0. The molecule has 0 amide bonds. The van der Waals surface area contributed by atoms with Gasteiger partial charge in [0, 0.05) is 47.2 Å². The molecule has 3 heterocycles. The summed E-state index contributed by atoms with van der Waals surface area (Å²) in [4.78, 5) is 7.43. The van der Waals surface area contributed by atoms with E-state index in [1.807, 2.05) is 12.1 Å². The van der Waals surface area contributed by atoms with Crippen LogP contribution >= 0.6 is 23.2 Å². The van der Waals surface area contributed by atoms with Gasteiger partial charge in [-0.3, -0.25) is 4.57 Å². The predicted molar refractivity (Wildman–Crippen MR) is 127 cm³/mol. The molecule has 1 aliphatic rings. The van der Waals surface area contributed by atoms with E-state index in [0.29, 0.717) is 22.6 Å². The second-order valence-corrected chi connectivity index (χ2v) is 9.26. The first-order chi connectivity index (χ1) is 14.4. The van der Waals surface area contributed by atoms with E-state index >= 15 is 0 Å². The number of anilines is 1. The van der Waals surface area contributed by atoms with Gasteiger partial charge in [0.1, 0.15) is 5.65 Å². The number of aliphatic hydroxyl groups excluding tert-OH is 1. The van der Waals surface area contributed by atoms with Gasteiger partial charge in [0.15, 0.2) is 0 Å². The molecule has 0 atom stereocenters. The monoisotopic (exact) mass is 445 g/mol. The van der Waals surface area contributed by atoms with Crippen LogP contribution in [0.25, 0.3) is 16.7 Å². The molecule has 0 unspecified atom stereocenters. The number of fused-ring (bicyclic) bond motifs is 1. The molecule has 0 aliphatic carbocycles. The minimum Gasteiger partial charge on any atom is -0.396 e. The fourth-order valence-electron chi connectivity index (χ4n) is 4.72. The quantitative estimate of drug-likeness (QED) is 0.504. The summed E-state index contributed by atoms with van der Waals surface area (Å²) in [6.07, 6.45) is 4.38. The summed E-state index contributed by atoms with van der Waals surface area (Å²) in [5.41, 5.74) is 6.51. The first-order valence-corrected chi connectivity index (χ1v) is 11.5. The highest BCUT2D eigenvalue weighted by molar-refractivity contribution is 6.35. The van der Waals surface area contributed by atoms with E-state index in [4.69, 9.17) is 33.3 Å². The lowest BCUT2D eigenvalue weighted by atomic mass is 9.92. The summed E-state index contributed by atoms with van der Waals surface area (Å²) in [6.45, 7) is 8.74. The van der Waals surface area contributed by atoms with Crippen LogP contribution in [0.1, 0.15) is 42.6 Å². The van der Waals surface area contributed by atoms with Gasteiger partial charge in [-0.25, -0.2) is 4.98 Å². The Morgan fingerprint density at radius 1 is 1.07 bits per heavy atom. The number of aromatic nitrogens is 2. The number of aryl methyl sites for hydroxylation is 2. The highest BCUT2D eigenvalue weighted by Gasteiger charge is 2.25. The highest BCUT2D eigenvalue weighted by Crippen LogP contribution is 2.38. The minimum absolute atomic E-state index is 0.295. The predicted octanol–water partition coefficient (Wildman–Crippen LogP) is 6.25. The molecule has 6 heteroatoms. The van der Waals surface area contributed by atoms with E-state index in [9.17, 15) is 0 Å². The SMILES string of the molecule is Cc1cc(N2CCC(CCCO)CC2)c2c(C)c(C)n(-c3ccc(Cl)cc3Cl)c2n1. The van der Waals surface area contributed by atoms with Crippen LogP contribution in [0.4, 0.5) is 5.69 Å². The van der Waals surface area contributed by atoms with Crippen LogP contribution in [-0.2, 0) is 0 Å². The van der Waals surface area contributed by atoms with Crippen LogP contribution in [0.5, 0.6) is 0 Å². The average Bonchev–Trinajstić information content (AvgIpc) is 2.97. The van der Waals surface area contributed by atoms with Crippen molar-refractivity contribution in [3.8, 4) is 5.69 Å². The smallest absolute Gasteiger partial charge is 0.147 e. The van der Waals surface area contributed by atoms with Crippen molar-refractivity contribution in [3.05, 3.63) is 51.3 Å². The van der Waals surface area contributed by atoms with E-state index in [2.05, 4.69) is 36.3 Å². The Hall–Kier alpha value is -1.75. The number of aliphatic hydroxyl groups is 1. The molecular formula is C24H29Cl2N3O. The van der Waals surface area contributed by atoms with Crippen molar-refractivity contribution < 1.29 is 5.11 Å². The number of piperidine rings is 1. The van der Waals surface area contributed by atoms with Gasteiger partial charge in [-0.2, -0.15) is 0 Å². The standard InChI is InChI=1S/C24H29Cl2N3O/c1-15-13-22(28-10-8-18(9-11-28)5-4-12-30)23-16(2)17(3)29(24(23)27-15)21-7-6-19(25)14-20(21)26/h6-7,13-14,18,30H,4-5,8-12H2,1-3H3. The van der Waals surface area contributed by atoms with E-state index in [1.165, 1.54) is 29.5 Å². The Bertz CT molecular complexity index is 1070. The van der Waals surface area contributed by atoms with Gasteiger partial charge in [-0.05, 0) is 82.2 Å². The maximum atomic E-state index is 9.13. The van der Waals surface area contributed by atoms with Gasteiger partial charge in [0.05, 0.1) is 10.7 Å². The second kappa shape index (κ2) is 8.78. The molecule has 1 aliphatic heterocycles. The molecule has 0 spiro atoms. The fraction of sp³-hybridized carbons (Fsp3) is 0.458. The van der Waals surface area contributed by atoms with Crippen molar-refractivity contribution in [2.24, 2.45) is 5.92 Å². The summed E-state index contributed by atoms with van der Waals surface area (Å²) in [6, 6.07) is 7.84. The van der Waals surface area contributed by atoms with Crippen LogP contribution in [0.3, 0.4) is 0 Å². The largest absolute Gasteiger partial charge is 0.396 e. The molecule has 4 rings (SSSR count). The summed E-state index contributed by atoms with van der Waals surface area (Å²) < 4.78 is 2.16. The topological polar surface area (TPSA) is 41.3 Å². The van der Waals surface area contributed by atoms with Crippen molar-refractivity contribution in [3.63, 3.8) is 0 Å². The lowest BCUT2D eigenvalue weighted by Gasteiger charge is -2.34. The van der Waals surface area contributed by atoms with E-state index in [0.717, 1.165) is 48.7 Å². The summed E-state index contributed by atoms with van der Waals surface area (Å²) in [5, 5.41) is 11.6. The number of nitrogens with zero attached hydrogens (tertiary/aromatic N) is 3. The third-order valence-corrected chi connectivity index (χ3v) is 6.99. The van der Waals surface area contributed by atoms with Crippen molar-refractivity contribution >= 4 is 39.9 Å². The number of pyridine rings is 1. The van der Waals surface area contributed by atoms with Crippen molar-refractivity contribution in [1.82, 2.24) is 9.55 Å². The molecule has 1 aromatic carbocycles. The van der Waals surface area contributed by atoms with Gasteiger partial charge in [0.25, 0.3) is 0 Å². The molecule has 1 saturated heterocycles. The van der Waals surface area contributed by atoms with E-state index < -0.39 is 0 Å². The molecule has 30 heavy (non-hydrogen) atoms. The number of hydrogen-bond donors (Lipinski definition) is 1. The Labute approximate surface area is 188 Å². The van der Waals surface area contributed by atoms with Crippen molar-refractivity contribution in [2.75, 3.05) is 24.6 Å². The molecule has 4 nitrogen and oxygen atoms in total. The van der Waals surface area contributed by atoms with E-state index in [1.54, 1.807) is 6.07 Å². The van der Waals surface area contributed by atoms with Crippen LogP contribution < -0.4 is 4.90 Å². The Balaban J connectivity index is 1.78. The summed E-state index contributed by atoms with van der Waals surface area (Å²) >= 11 is 12.7. The molecule has 3 aromatic rings. The minimum atomic E-state index is 0.295. The Morgan fingerprint density at radius 2 is 1.80 bits per heavy atom. The molecule has 1 N–H and O–H groups in total. The summed E-state index contributed by atoms with van der Waals surface area (Å²) in [5.74, 6) is 0.715. The molecular weight excluding hydrogens is 417 g/mol. The zero-order chi connectivity index (χ0) is 21.4. The van der Waals surface area contributed by atoms with Gasteiger partial charge < -0.3 is 10.0 Å². The zero-order valence-electron chi connectivity index (χ0n) is 17.9. The van der Waals surface area contributed by atoms with Gasteiger partial charge in [-0.15, -0.1) is 0 Å². The van der Waals surface area contributed by atoms with Crippen LogP contribution in [-0.4, -0.2) is 34.4 Å². The van der Waals surface area contributed by atoms with Gasteiger partial charge >= 0.3 is 0 Å². The maximum Gasteiger partial charge on any atom is 0.147 e. The molecule has 2 aromatic heterocycles. The second-order valence-electron chi connectivity index (χ2n) is 8.42. The molecule has 0 radical (unpaired) electrons. The highest BCUT2D eigenvalue weighted by atomic mass is 35.5. The third kappa shape index (κ3) is 3.93. The lowest BCUT2D eigenvalue weighted by Crippen LogP contribution is -2.34. The number of rotatable bonds is 5.